The van der Waals surface area contributed by atoms with Gasteiger partial charge in [0.25, 0.3) is 5.91 Å². The molecule has 0 spiro atoms. The van der Waals surface area contributed by atoms with E-state index in [0.29, 0.717) is 13.1 Å². The summed E-state index contributed by atoms with van der Waals surface area (Å²) >= 11 is 0. The van der Waals surface area contributed by atoms with Crippen LogP contribution in [-0.4, -0.2) is 38.8 Å². The van der Waals surface area contributed by atoms with E-state index in [0.717, 1.165) is 43.9 Å². The highest BCUT2D eigenvalue weighted by atomic mass is 32.2. The molecule has 2 aromatic rings. The molecule has 0 aliphatic carbocycles. The van der Waals surface area contributed by atoms with Gasteiger partial charge in [0.05, 0.1) is 17.7 Å². The van der Waals surface area contributed by atoms with Crippen LogP contribution >= 0.6 is 0 Å². The molecule has 29 heavy (non-hydrogen) atoms. The Morgan fingerprint density at radius 1 is 1.00 bits per heavy atom. The maximum absolute atomic E-state index is 13.4. The molecule has 0 bridgehead atoms. The fourth-order valence-electron chi connectivity index (χ4n) is 3.21. The standard InChI is InChI=1S/C20H22F2N2O4S/c1-28-19-9-7-15(29(26,27)24-10-4-2-3-5-11-24)13-18(19)23-20(25)14-6-8-16(21)17(22)12-14/h6-9,12-13H,2-5,10-11H2,1H3,(H,23,25). The van der Waals surface area contributed by atoms with Gasteiger partial charge in [-0.15, -0.1) is 0 Å². The number of benzene rings is 2. The second-order valence-corrected chi connectivity index (χ2v) is 8.70. The fraction of sp³-hybridized carbons (Fsp3) is 0.350. The molecule has 0 unspecified atom stereocenters. The van der Waals surface area contributed by atoms with Crippen LogP contribution in [0.2, 0.25) is 0 Å². The molecule has 6 nitrogen and oxygen atoms in total. The largest absolute Gasteiger partial charge is 0.495 e. The zero-order valence-electron chi connectivity index (χ0n) is 16.0. The molecule has 3 rings (SSSR count). The van der Waals surface area contributed by atoms with Crippen LogP contribution in [0.1, 0.15) is 36.0 Å². The van der Waals surface area contributed by atoms with E-state index in [2.05, 4.69) is 5.32 Å². The third-order valence-electron chi connectivity index (χ3n) is 4.80. The van der Waals surface area contributed by atoms with Gasteiger partial charge in [0.1, 0.15) is 5.75 Å². The molecule has 9 heteroatoms. The average Bonchev–Trinajstić information content (AvgIpc) is 3.00. The summed E-state index contributed by atoms with van der Waals surface area (Å²) in [6.45, 7) is 0.899. The highest BCUT2D eigenvalue weighted by Gasteiger charge is 2.26. The van der Waals surface area contributed by atoms with Gasteiger partial charge in [0.2, 0.25) is 10.0 Å². The lowest BCUT2D eigenvalue weighted by atomic mass is 10.2. The van der Waals surface area contributed by atoms with Gasteiger partial charge in [-0.1, -0.05) is 12.8 Å². The van der Waals surface area contributed by atoms with E-state index in [9.17, 15) is 22.0 Å². The number of nitrogens with zero attached hydrogens (tertiary/aromatic N) is 1. The lowest BCUT2D eigenvalue weighted by molar-refractivity contribution is 0.102. The number of rotatable bonds is 5. The number of halogens is 2. The van der Waals surface area contributed by atoms with E-state index in [1.807, 2.05) is 0 Å². The minimum absolute atomic E-state index is 0.0285. The number of hydrogen-bond donors (Lipinski definition) is 1. The molecule has 1 amide bonds. The van der Waals surface area contributed by atoms with Gasteiger partial charge in [-0.05, 0) is 49.2 Å². The van der Waals surface area contributed by atoms with E-state index < -0.39 is 27.6 Å². The van der Waals surface area contributed by atoms with Crippen molar-refractivity contribution in [3.63, 3.8) is 0 Å². The van der Waals surface area contributed by atoms with Crippen molar-refractivity contribution >= 4 is 21.6 Å². The third kappa shape index (κ3) is 4.73. The predicted octanol–water partition coefficient (Wildman–Crippen LogP) is 3.79. The Kier molecular flexibility index (Phi) is 6.49. The minimum Gasteiger partial charge on any atom is -0.495 e. The molecule has 1 aliphatic rings. The molecule has 1 N–H and O–H groups in total. The second kappa shape index (κ2) is 8.87. The van der Waals surface area contributed by atoms with Gasteiger partial charge < -0.3 is 10.1 Å². The van der Waals surface area contributed by atoms with Crippen molar-refractivity contribution in [2.75, 3.05) is 25.5 Å². The summed E-state index contributed by atoms with van der Waals surface area (Å²) in [7, 11) is -2.35. The Balaban J connectivity index is 1.90. The summed E-state index contributed by atoms with van der Waals surface area (Å²) in [5, 5.41) is 2.52. The van der Waals surface area contributed by atoms with Crippen molar-refractivity contribution in [3.8, 4) is 5.75 Å². The van der Waals surface area contributed by atoms with Crippen LogP contribution in [0.15, 0.2) is 41.3 Å². The Morgan fingerprint density at radius 3 is 2.31 bits per heavy atom. The minimum atomic E-state index is -3.73. The monoisotopic (exact) mass is 424 g/mol. The third-order valence-corrected chi connectivity index (χ3v) is 6.70. The van der Waals surface area contributed by atoms with Gasteiger partial charge in [0, 0.05) is 18.7 Å². The molecule has 156 valence electrons. The van der Waals surface area contributed by atoms with E-state index in [4.69, 9.17) is 4.74 Å². The zero-order valence-corrected chi connectivity index (χ0v) is 16.8. The summed E-state index contributed by atoms with van der Waals surface area (Å²) in [6.07, 6.45) is 3.58. The van der Waals surface area contributed by atoms with E-state index in [1.54, 1.807) is 0 Å². The molecular formula is C20H22F2N2O4S. The molecule has 0 atom stereocenters. The highest BCUT2D eigenvalue weighted by molar-refractivity contribution is 7.89. The van der Waals surface area contributed by atoms with E-state index in [-0.39, 0.29) is 21.9 Å². The molecule has 1 fully saturated rings. The number of nitrogens with one attached hydrogen (secondary N) is 1. The van der Waals surface area contributed by atoms with Crippen molar-refractivity contribution in [1.82, 2.24) is 4.31 Å². The average molecular weight is 424 g/mol. The molecule has 1 aliphatic heterocycles. The predicted molar refractivity (Wildman–Crippen MR) is 105 cm³/mol. The van der Waals surface area contributed by atoms with E-state index in [1.165, 1.54) is 29.6 Å². The van der Waals surface area contributed by atoms with Crippen molar-refractivity contribution in [2.45, 2.75) is 30.6 Å². The van der Waals surface area contributed by atoms with Gasteiger partial charge in [-0.3, -0.25) is 4.79 Å². The normalized spacial score (nSPS) is 15.6. The van der Waals surface area contributed by atoms with Gasteiger partial charge in [-0.25, -0.2) is 17.2 Å². The smallest absolute Gasteiger partial charge is 0.255 e. The van der Waals surface area contributed by atoms with Crippen molar-refractivity contribution in [3.05, 3.63) is 53.6 Å². The molecule has 0 radical (unpaired) electrons. The number of carbonyl (C=O) groups is 1. The van der Waals surface area contributed by atoms with Gasteiger partial charge in [0.15, 0.2) is 11.6 Å². The summed E-state index contributed by atoms with van der Waals surface area (Å²) in [6, 6.07) is 6.95. The van der Waals surface area contributed by atoms with Crippen molar-refractivity contribution < 1.29 is 26.7 Å². The molecule has 1 saturated heterocycles. The first-order valence-electron chi connectivity index (χ1n) is 9.27. The Labute approximate surface area is 168 Å². The lowest BCUT2D eigenvalue weighted by Gasteiger charge is -2.21. The Morgan fingerprint density at radius 2 is 1.69 bits per heavy atom. The van der Waals surface area contributed by atoms with Crippen LogP contribution in [0.5, 0.6) is 5.75 Å². The zero-order chi connectivity index (χ0) is 21.0. The number of amides is 1. The highest BCUT2D eigenvalue weighted by Crippen LogP contribution is 2.30. The Bertz CT molecular complexity index is 1000. The SMILES string of the molecule is COc1ccc(S(=O)(=O)N2CCCCCC2)cc1NC(=O)c1ccc(F)c(F)c1. The summed E-state index contributed by atoms with van der Waals surface area (Å²) in [5.41, 5.74) is 0.0184. The topological polar surface area (TPSA) is 75.7 Å². The van der Waals surface area contributed by atoms with Crippen molar-refractivity contribution in [1.29, 1.82) is 0 Å². The van der Waals surface area contributed by atoms with Crippen molar-refractivity contribution in [2.24, 2.45) is 0 Å². The quantitative estimate of drug-likeness (QED) is 0.792. The molecule has 0 saturated carbocycles. The summed E-state index contributed by atoms with van der Waals surface area (Å²) in [4.78, 5) is 12.5. The number of ether oxygens (including phenoxy) is 1. The number of carbonyl (C=O) groups excluding carboxylic acids is 1. The van der Waals surface area contributed by atoms with Crippen LogP contribution in [0.4, 0.5) is 14.5 Å². The molecular weight excluding hydrogens is 402 g/mol. The summed E-state index contributed by atoms with van der Waals surface area (Å²) < 4.78 is 59.2. The van der Waals surface area contributed by atoms with Gasteiger partial charge >= 0.3 is 0 Å². The molecule has 0 aromatic heterocycles. The maximum atomic E-state index is 13.4. The first-order chi connectivity index (χ1) is 13.8. The number of anilines is 1. The maximum Gasteiger partial charge on any atom is 0.255 e. The number of methoxy groups -OCH3 is 1. The number of sulfonamides is 1. The first kappa shape index (κ1) is 21.2. The van der Waals surface area contributed by atoms with Crippen LogP contribution in [0.3, 0.4) is 0 Å². The number of hydrogen-bond acceptors (Lipinski definition) is 4. The fourth-order valence-corrected chi connectivity index (χ4v) is 4.75. The summed E-state index contributed by atoms with van der Waals surface area (Å²) in [5.74, 6) is -2.69. The Hall–Kier alpha value is -2.52. The van der Waals surface area contributed by atoms with Crippen LogP contribution in [0.25, 0.3) is 0 Å². The lowest BCUT2D eigenvalue weighted by Crippen LogP contribution is -2.32. The molecule has 1 heterocycles. The molecule has 2 aromatic carbocycles. The van der Waals surface area contributed by atoms with Crippen LogP contribution in [-0.2, 0) is 10.0 Å². The second-order valence-electron chi connectivity index (χ2n) is 6.76. The van der Waals surface area contributed by atoms with Crippen LogP contribution in [0, 0.1) is 11.6 Å². The first-order valence-corrected chi connectivity index (χ1v) is 10.7. The van der Waals surface area contributed by atoms with Crippen LogP contribution < -0.4 is 10.1 Å². The van der Waals surface area contributed by atoms with E-state index >= 15 is 0 Å². The van der Waals surface area contributed by atoms with Gasteiger partial charge in [-0.2, -0.15) is 4.31 Å².